The fourth-order valence-corrected chi connectivity index (χ4v) is 1.42. The van der Waals surface area contributed by atoms with Gasteiger partial charge in [0.2, 0.25) is 0 Å². The Morgan fingerprint density at radius 1 is 1.20 bits per heavy atom. The van der Waals surface area contributed by atoms with Gasteiger partial charge in [0.05, 0.1) is 0 Å². The molecular formula is C13H18O2. The molecule has 0 spiro atoms. The molecule has 0 saturated carbocycles. The molecular weight excluding hydrogens is 188 g/mol. The number of benzene rings is 1. The first-order chi connectivity index (χ1) is 6.95. The van der Waals surface area contributed by atoms with Crippen LogP contribution in [-0.4, -0.2) is 6.47 Å². The Balaban J connectivity index is 2.85. The first-order valence-electron chi connectivity index (χ1n) is 5.14. The minimum Gasteiger partial charge on any atom is -0.460 e. The first kappa shape index (κ1) is 11.8. The molecule has 0 bridgehead atoms. The van der Waals surface area contributed by atoms with Crippen molar-refractivity contribution in [1.82, 2.24) is 0 Å². The summed E-state index contributed by atoms with van der Waals surface area (Å²) in [4.78, 5) is 10.2. The lowest BCUT2D eigenvalue weighted by Crippen LogP contribution is -2.11. The average Bonchev–Trinajstić information content (AvgIpc) is 2.17. The van der Waals surface area contributed by atoms with Crippen LogP contribution in [0.2, 0.25) is 0 Å². The van der Waals surface area contributed by atoms with Gasteiger partial charge in [0.1, 0.15) is 6.10 Å². The Hall–Kier alpha value is -1.31. The predicted octanol–water partition coefficient (Wildman–Crippen LogP) is 3.22. The maximum Gasteiger partial charge on any atom is 0.293 e. The SMILES string of the molecule is CC(OC=O)c1ccc(C(C)(C)C)cc1. The van der Waals surface area contributed by atoms with Crippen LogP contribution in [0.1, 0.15) is 44.9 Å². The zero-order chi connectivity index (χ0) is 11.5. The maximum atomic E-state index is 10.2. The van der Waals surface area contributed by atoms with E-state index >= 15 is 0 Å². The highest BCUT2D eigenvalue weighted by molar-refractivity contribution is 5.39. The zero-order valence-electron chi connectivity index (χ0n) is 9.78. The van der Waals surface area contributed by atoms with Crippen molar-refractivity contribution in [3.05, 3.63) is 35.4 Å². The molecule has 1 aromatic carbocycles. The summed E-state index contributed by atoms with van der Waals surface area (Å²) in [5.41, 5.74) is 2.47. The van der Waals surface area contributed by atoms with E-state index in [2.05, 4.69) is 32.9 Å². The Bertz CT molecular complexity index is 319. The molecule has 1 atom stereocenters. The van der Waals surface area contributed by atoms with Gasteiger partial charge in [-0.05, 0) is 23.5 Å². The Kier molecular flexibility index (Phi) is 3.51. The number of hydrogen-bond donors (Lipinski definition) is 0. The molecule has 1 aromatic rings. The van der Waals surface area contributed by atoms with E-state index in [-0.39, 0.29) is 11.5 Å². The topological polar surface area (TPSA) is 26.3 Å². The molecule has 0 heterocycles. The Labute approximate surface area is 91.3 Å². The molecule has 0 radical (unpaired) electrons. The maximum absolute atomic E-state index is 10.2. The molecule has 2 heteroatoms. The van der Waals surface area contributed by atoms with Gasteiger partial charge in [0.15, 0.2) is 0 Å². The molecule has 0 saturated heterocycles. The predicted molar refractivity (Wildman–Crippen MR) is 60.7 cm³/mol. The second kappa shape index (κ2) is 4.47. The van der Waals surface area contributed by atoms with Crippen molar-refractivity contribution in [3.63, 3.8) is 0 Å². The third-order valence-corrected chi connectivity index (χ3v) is 2.51. The molecule has 1 unspecified atom stereocenters. The minimum absolute atomic E-state index is 0.160. The van der Waals surface area contributed by atoms with Gasteiger partial charge < -0.3 is 4.74 Å². The summed E-state index contributed by atoms with van der Waals surface area (Å²) in [5.74, 6) is 0. The largest absolute Gasteiger partial charge is 0.460 e. The summed E-state index contributed by atoms with van der Waals surface area (Å²) in [6.07, 6.45) is -0.170. The summed E-state index contributed by atoms with van der Waals surface area (Å²) in [7, 11) is 0. The summed E-state index contributed by atoms with van der Waals surface area (Å²) < 4.78 is 4.87. The zero-order valence-corrected chi connectivity index (χ0v) is 9.78. The van der Waals surface area contributed by atoms with E-state index < -0.39 is 0 Å². The monoisotopic (exact) mass is 206 g/mol. The van der Waals surface area contributed by atoms with E-state index in [1.165, 1.54) is 5.56 Å². The molecule has 0 aliphatic heterocycles. The second-order valence-electron chi connectivity index (χ2n) is 4.75. The van der Waals surface area contributed by atoms with Gasteiger partial charge in [0.25, 0.3) is 6.47 Å². The third-order valence-electron chi connectivity index (χ3n) is 2.51. The van der Waals surface area contributed by atoms with Crippen LogP contribution in [0.5, 0.6) is 0 Å². The van der Waals surface area contributed by atoms with Crippen molar-refractivity contribution in [2.24, 2.45) is 0 Å². The highest BCUT2D eigenvalue weighted by Gasteiger charge is 2.14. The van der Waals surface area contributed by atoms with Gasteiger partial charge in [0, 0.05) is 0 Å². The van der Waals surface area contributed by atoms with Gasteiger partial charge in [-0.3, -0.25) is 4.79 Å². The summed E-state index contributed by atoms with van der Waals surface area (Å²) in [6.45, 7) is 8.87. The molecule has 0 N–H and O–H groups in total. The van der Waals surface area contributed by atoms with E-state index in [9.17, 15) is 4.79 Å². The number of hydrogen-bond acceptors (Lipinski definition) is 2. The quantitative estimate of drug-likeness (QED) is 0.710. The van der Waals surface area contributed by atoms with E-state index in [1.807, 2.05) is 19.1 Å². The summed E-state index contributed by atoms with van der Waals surface area (Å²) >= 11 is 0. The van der Waals surface area contributed by atoms with Gasteiger partial charge in [-0.2, -0.15) is 0 Å². The van der Waals surface area contributed by atoms with Crippen LogP contribution in [0.15, 0.2) is 24.3 Å². The summed E-state index contributed by atoms with van der Waals surface area (Å²) in [6, 6.07) is 8.18. The molecule has 0 aliphatic rings. The number of rotatable bonds is 3. The highest BCUT2D eigenvalue weighted by atomic mass is 16.5. The standard InChI is InChI=1S/C13H18O2/c1-10(15-9-14)11-5-7-12(8-6-11)13(2,3)4/h5-10H,1-4H3. The number of ether oxygens (including phenoxy) is 1. The van der Waals surface area contributed by atoms with Gasteiger partial charge in [-0.15, -0.1) is 0 Å². The van der Waals surface area contributed by atoms with Crippen LogP contribution in [-0.2, 0) is 14.9 Å². The third kappa shape index (κ3) is 3.08. The molecule has 0 amide bonds. The molecule has 82 valence electrons. The van der Waals surface area contributed by atoms with Crippen LogP contribution in [0.4, 0.5) is 0 Å². The smallest absolute Gasteiger partial charge is 0.293 e. The van der Waals surface area contributed by atoms with Crippen molar-refractivity contribution in [2.45, 2.75) is 39.2 Å². The van der Waals surface area contributed by atoms with E-state index in [0.29, 0.717) is 6.47 Å². The number of carbonyl (C=O) groups excluding carboxylic acids is 1. The lowest BCUT2D eigenvalue weighted by molar-refractivity contribution is -0.133. The van der Waals surface area contributed by atoms with Crippen molar-refractivity contribution in [1.29, 1.82) is 0 Å². The van der Waals surface area contributed by atoms with E-state index in [0.717, 1.165) is 5.56 Å². The van der Waals surface area contributed by atoms with Crippen LogP contribution in [0.3, 0.4) is 0 Å². The second-order valence-corrected chi connectivity index (χ2v) is 4.75. The van der Waals surface area contributed by atoms with Crippen molar-refractivity contribution in [3.8, 4) is 0 Å². The molecule has 0 aliphatic carbocycles. The van der Waals surface area contributed by atoms with Gasteiger partial charge in [-0.1, -0.05) is 45.0 Å². The first-order valence-corrected chi connectivity index (χ1v) is 5.14. The molecule has 15 heavy (non-hydrogen) atoms. The molecule has 2 nitrogen and oxygen atoms in total. The van der Waals surface area contributed by atoms with Crippen molar-refractivity contribution in [2.75, 3.05) is 0 Å². The van der Waals surface area contributed by atoms with Crippen LogP contribution in [0, 0.1) is 0 Å². The highest BCUT2D eigenvalue weighted by Crippen LogP contribution is 2.24. The van der Waals surface area contributed by atoms with Crippen molar-refractivity contribution >= 4 is 6.47 Å². The number of carbonyl (C=O) groups is 1. The van der Waals surface area contributed by atoms with Crippen LogP contribution >= 0.6 is 0 Å². The fourth-order valence-electron chi connectivity index (χ4n) is 1.42. The lowest BCUT2D eigenvalue weighted by Gasteiger charge is -2.19. The Morgan fingerprint density at radius 3 is 2.13 bits per heavy atom. The molecule has 1 rings (SSSR count). The van der Waals surface area contributed by atoms with Crippen LogP contribution < -0.4 is 0 Å². The fraction of sp³-hybridized carbons (Fsp3) is 0.462. The average molecular weight is 206 g/mol. The van der Waals surface area contributed by atoms with Gasteiger partial charge >= 0.3 is 0 Å². The minimum atomic E-state index is -0.170. The summed E-state index contributed by atoms with van der Waals surface area (Å²) in [5, 5.41) is 0. The van der Waals surface area contributed by atoms with Crippen LogP contribution in [0.25, 0.3) is 0 Å². The van der Waals surface area contributed by atoms with Crippen molar-refractivity contribution < 1.29 is 9.53 Å². The molecule has 0 fully saturated rings. The Morgan fingerprint density at radius 2 is 1.73 bits per heavy atom. The normalized spacial score (nSPS) is 13.3. The van der Waals surface area contributed by atoms with E-state index in [1.54, 1.807) is 0 Å². The van der Waals surface area contributed by atoms with E-state index in [4.69, 9.17) is 4.74 Å². The lowest BCUT2D eigenvalue weighted by atomic mass is 9.86. The molecule has 0 aromatic heterocycles. The van der Waals surface area contributed by atoms with Gasteiger partial charge in [-0.25, -0.2) is 0 Å².